The van der Waals surface area contributed by atoms with Gasteiger partial charge in [0.05, 0.1) is 6.61 Å². The molecule has 1 aromatic rings. The first kappa shape index (κ1) is 15.2. The monoisotopic (exact) mass is 301 g/mol. The number of ether oxygens (including phenoxy) is 1. The van der Waals surface area contributed by atoms with E-state index in [1.54, 1.807) is 0 Å². The molecule has 120 valence electrons. The van der Waals surface area contributed by atoms with Gasteiger partial charge in [-0.1, -0.05) is 31.0 Å². The van der Waals surface area contributed by atoms with Gasteiger partial charge in [-0.25, -0.2) is 0 Å². The Morgan fingerprint density at radius 2 is 2.05 bits per heavy atom. The van der Waals surface area contributed by atoms with E-state index in [9.17, 15) is 0 Å². The lowest BCUT2D eigenvalue weighted by Gasteiger charge is -2.25. The summed E-state index contributed by atoms with van der Waals surface area (Å²) in [5.74, 6) is 2.46. The molecule has 1 atom stereocenters. The number of hydrogen-bond donors (Lipinski definition) is 2. The molecule has 3 rings (SSSR count). The lowest BCUT2D eigenvalue weighted by Crippen LogP contribution is -2.42. The topological polar surface area (TPSA) is 45.7 Å². The molecule has 0 radical (unpaired) electrons. The van der Waals surface area contributed by atoms with Crippen molar-refractivity contribution in [1.29, 1.82) is 0 Å². The Kier molecular flexibility index (Phi) is 5.20. The average molecular weight is 301 g/mol. The standard InChI is InChI=1S/C18H27N3O/c1-2-19-18(21-15-7-3-4-8-15)20-13-14-11-12-22-17-10-6-5-9-16(14)17/h5-6,9-10,14-15H,2-4,7-8,11-13H2,1H3,(H2,19,20,21). The average Bonchev–Trinajstić information content (AvgIpc) is 3.06. The SMILES string of the molecule is CCNC(=NCC1CCOc2ccccc21)NC1CCCC1. The fraction of sp³-hybridized carbons (Fsp3) is 0.611. The summed E-state index contributed by atoms with van der Waals surface area (Å²) in [4.78, 5) is 4.84. The largest absolute Gasteiger partial charge is 0.493 e. The maximum Gasteiger partial charge on any atom is 0.191 e. The van der Waals surface area contributed by atoms with E-state index < -0.39 is 0 Å². The summed E-state index contributed by atoms with van der Waals surface area (Å²) >= 11 is 0. The third kappa shape index (κ3) is 3.73. The molecule has 1 aromatic carbocycles. The van der Waals surface area contributed by atoms with Gasteiger partial charge in [0.1, 0.15) is 5.75 Å². The maximum atomic E-state index is 5.74. The third-order valence-electron chi connectivity index (χ3n) is 4.59. The van der Waals surface area contributed by atoms with Crippen molar-refractivity contribution in [3.8, 4) is 5.75 Å². The minimum atomic E-state index is 0.462. The summed E-state index contributed by atoms with van der Waals surface area (Å²) < 4.78 is 5.74. The number of guanidine groups is 1. The second-order valence-electron chi connectivity index (χ2n) is 6.22. The van der Waals surface area contributed by atoms with Crippen LogP contribution in [0.3, 0.4) is 0 Å². The lowest BCUT2D eigenvalue weighted by atomic mass is 9.93. The number of aliphatic imine (C=N–C) groups is 1. The Bertz CT molecular complexity index is 509. The second-order valence-corrected chi connectivity index (χ2v) is 6.22. The van der Waals surface area contributed by atoms with E-state index >= 15 is 0 Å². The van der Waals surface area contributed by atoms with Gasteiger partial charge in [0, 0.05) is 25.0 Å². The van der Waals surface area contributed by atoms with E-state index in [-0.39, 0.29) is 0 Å². The molecule has 4 nitrogen and oxygen atoms in total. The summed E-state index contributed by atoms with van der Waals surface area (Å²) in [6.45, 7) is 4.64. The zero-order chi connectivity index (χ0) is 15.2. The predicted molar refractivity (Wildman–Crippen MR) is 90.7 cm³/mol. The van der Waals surface area contributed by atoms with Crippen LogP contribution >= 0.6 is 0 Å². The molecule has 0 saturated heterocycles. The molecule has 1 unspecified atom stereocenters. The van der Waals surface area contributed by atoms with E-state index in [2.05, 4.69) is 35.8 Å². The summed E-state index contributed by atoms with van der Waals surface area (Å²) in [7, 11) is 0. The smallest absolute Gasteiger partial charge is 0.191 e. The van der Waals surface area contributed by atoms with Crippen LogP contribution < -0.4 is 15.4 Å². The van der Waals surface area contributed by atoms with Gasteiger partial charge < -0.3 is 15.4 Å². The fourth-order valence-electron chi connectivity index (χ4n) is 3.39. The maximum absolute atomic E-state index is 5.74. The van der Waals surface area contributed by atoms with Crippen molar-refractivity contribution in [2.75, 3.05) is 19.7 Å². The summed E-state index contributed by atoms with van der Waals surface area (Å²) in [6, 6.07) is 8.96. The molecule has 2 N–H and O–H groups in total. The number of nitrogens with zero attached hydrogens (tertiary/aromatic N) is 1. The van der Waals surface area contributed by atoms with Crippen LogP contribution in [0.4, 0.5) is 0 Å². The fourth-order valence-corrected chi connectivity index (χ4v) is 3.39. The zero-order valence-electron chi connectivity index (χ0n) is 13.5. The van der Waals surface area contributed by atoms with Crippen LogP contribution in [-0.2, 0) is 0 Å². The first-order valence-electron chi connectivity index (χ1n) is 8.63. The van der Waals surface area contributed by atoms with Gasteiger partial charge in [-0.2, -0.15) is 0 Å². The lowest BCUT2D eigenvalue weighted by molar-refractivity contribution is 0.269. The van der Waals surface area contributed by atoms with Crippen molar-refractivity contribution < 1.29 is 4.74 Å². The normalized spacial score (nSPS) is 22.0. The molecule has 1 fully saturated rings. The highest BCUT2D eigenvalue weighted by Gasteiger charge is 2.21. The van der Waals surface area contributed by atoms with Crippen molar-refractivity contribution in [3.63, 3.8) is 0 Å². The van der Waals surface area contributed by atoms with Crippen molar-refractivity contribution in [1.82, 2.24) is 10.6 Å². The molecule has 1 heterocycles. The molecule has 22 heavy (non-hydrogen) atoms. The number of para-hydroxylation sites is 1. The molecule has 1 aliphatic carbocycles. The van der Waals surface area contributed by atoms with Gasteiger partial charge in [0.15, 0.2) is 5.96 Å². The molecule has 1 aliphatic heterocycles. The molecular weight excluding hydrogens is 274 g/mol. The van der Waals surface area contributed by atoms with Gasteiger partial charge in [0.25, 0.3) is 0 Å². The van der Waals surface area contributed by atoms with Crippen molar-refractivity contribution in [3.05, 3.63) is 29.8 Å². The first-order chi connectivity index (χ1) is 10.9. The van der Waals surface area contributed by atoms with Crippen molar-refractivity contribution in [2.45, 2.75) is 51.0 Å². The number of fused-ring (bicyclic) bond motifs is 1. The second kappa shape index (κ2) is 7.52. The Labute approximate surface area is 133 Å². The number of nitrogens with one attached hydrogen (secondary N) is 2. The van der Waals surface area contributed by atoms with Crippen LogP contribution in [0.1, 0.15) is 50.5 Å². The Balaban J connectivity index is 1.65. The van der Waals surface area contributed by atoms with Crippen LogP contribution in [0.2, 0.25) is 0 Å². The van der Waals surface area contributed by atoms with E-state index in [1.807, 2.05) is 6.07 Å². The van der Waals surface area contributed by atoms with E-state index in [0.29, 0.717) is 12.0 Å². The first-order valence-corrected chi connectivity index (χ1v) is 8.63. The highest BCUT2D eigenvalue weighted by atomic mass is 16.5. The van der Waals surface area contributed by atoms with E-state index in [0.717, 1.165) is 37.8 Å². The Hall–Kier alpha value is -1.71. The molecule has 2 aliphatic rings. The van der Waals surface area contributed by atoms with Gasteiger partial charge in [-0.05, 0) is 37.8 Å². The highest BCUT2D eigenvalue weighted by Crippen LogP contribution is 2.33. The number of rotatable bonds is 4. The molecular formula is C18H27N3O. The molecule has 0 amide bonds. The van der Waals surface area contributed by atoms with Crippen LogP contribution in [0, 0.1) is 0 Å². The van der Waals surface area contributed by atoms with Crippen LogP contribution in [0.15, 0.2) is 29.3 Å². The van der Waals surface area contributed by atoms with Gasteiger partial charge >= 0.3 is 0 Å². The number of benzene rings is 1. The van der Waals surface area contributed by atoms with Crippen molar-refractivity contribution in [2.24, 2.45) is 4.99 Å². The molecule has 1 saturated carbocycles. The minimum absolute atomic E-state index is 0.462. The van der Waals surface area contributed by atoms with Crippen LogP contribution in [-0.4, -0.2) is 31.7 Å². The Morgan fingerprint density at radius 3 is 2.86 bits per heavy atom. The van der Waals surface area contributed by atoms with Crippen LogP contribution in [0.25, 0.3) is 0 Å². The van der Waals surface area contributed by atoms with Gasteiger partial charge in [-0.15, -0.1) is 0 Å². The predicted octanol–water partition coefficient (Wildman–Crippen LogP) is 3.05. The summed E-state index contributed by atoms with van der Waals surface area (Å²) in [5, 5.41) is 6.97. The molecule has 0 bridgehead atoms. The van der Waals surface area contributed by atoms with E-state index in [1.165, 1.54) is 31.2 Å². The quantitative estimate of drug-likeness (QED) is 0.664. The molecule has 0 aromatic heterocycles. The van der Waals surface area contributed by atoms with E-state index in [4.69, 9.17) is 9.73 Å². The third-order valence-corrected chi connectivity index (χ3v) is 4.59. The summed E-state index contributed by atoms with van der Waals surface area (Å²) in [5.41, 5.74) is 1.30. The van der Waals surface area contributed by atoms with Gasteiger partial charge in [-0.3, -0.25) is 4.99 Å². The zero-order valence-corrected chi connectivity index (χ0v) is 13.5. The van der Waals surface area contributed by atoms with Gasteiger partial charge in [0.2, 0.25) is 0 Å². The van der Waals surface area contributed by atoms with Crippen LogP contribution in [0.5, 0.6) is 5.75 Å². The molecule has 4 heteroatoms. The Morgan fingerprint density at radius 1 is 1.23 bits per heavy atom. The molecule has 0 spiro atoms. The minimum Gasteiger partial charge on any atom is -0.493 e. The summed E-state index contributed by atoms with van der Waals surface area (Å²) in [6.07, 6.45) is 6.26. The van der Waals surface area contributed by atoms with Crippen molar-refractivity contribution >= 4 is 5.96 Å². The highest BCUT2D eigenvalue weighted by molar-refractivity contribution is 5.80. The number of hydrogen-bond acceptors (Lipinski definition) is 2.